The van der Waals surface area contributed by atoms with Crippen LogP contribution >= 0.6 is 0 Å². The van der Waals surface area contributed by atoms with E-state index < -0.39 is 125 Å². The van der Waals surface area contributed by atoms with Crippen molar-refractivity contribution in [3.05, 3.63) is 51.7 Å². The number of aliphatic hydroxyl groups is 6. The molecule has 8 N–H and O–H groups in total. The Balaban J connectivity index is 1.47. The predicted octanol–water partition coefficient (Wildman–Crippen LogP) is 1.65. The highest BCUT2D eigenvalue weighted by molar-refractivity contribution is 6.15. The molecule has 3 saturated heterocycles. The first-order chi connectivity index (χ1) is 28.2. The zero-order chi connectivity index (χ0) is 42.5. The Morgan fingerprint density at radius 3 is 2.17 bits per heavy atom. The van der Waals surface area contributed by atoms with Crippen molar-refractivity contribution in [1.29, 1.82) is 0 Å². The molecular weight excluding hydrogens is 780 g/mol. The predicted molar refractivity (Wildman–Crippen MR) is 201 cm³/mol. The molecule has 5 heterocycles. The summed E-state index contributed by atoms with van der Waals surface area (Å²) in [4.78, 5) is 54.0. The number of carbonyl (C=O) groups is 2. The Bertz CT molecular complexity index is 2080. The fourth-order valence-electron chi connectivity index (χ4n) is 8.53. The number of hydrogen-bond acceptors (Lipinski definition) is 18. The summed E-state index contributed by atoms with van der Waals surface area (Å²) in [5.74, 6) is -4.52. The molecule has 2 aromatic carbocycles. The monoisotopic (exact) mass is 830 g/mol. The van der Waals surface area contributed by atoms with Gasteiger partial charge in [0.15, 0.2) is 23.6 Å². The summed E-state index contributed by atoms with van der Waals surface area (Å²) in [7, 11) is 0. The molecule has 0 amide bonds. The summed E-state index contributed by atoms with van der Waals surface area (Å²) in [6.07, 6.45) is -13.5. The Labute approximate surface area is 337 Å². The molecule has 18 heteroatoms. The topological polar surface area (TPSA) is 282 Å². The number of hydrogen-bond donors (Lipinski definition) is 8. The lowest BCUT2D eigenvalue weighted by Gasteiger charge is -2.47. The molecule has 13 atom stereocenters. The van der Waals surface area contributed by atoms with Crippen molar-refractivity contribution in [3.8, 4) is 28.6 Å². The average molecular weight is 831 g/mol. The number of phenols is 2. The second-order valence-electron chi connectivity index (χ2n) is 15.7. The number of Topliss-reactive ketones (excluding diaryl/α,β-unsaturated/α-hetero) is 1. The quantitative estimate of drug-likeness (QED) is 0.0557. The molecule has 7 rings (SSSR count). The lowest BCUT2D eigenvalue weighted by atomic mass is 9.73. The minimum atomic E-state index is -2.41. The second-order valence-corrected chi connectivity index (χ2v) is 15.7. The molecular formula is C41H50O18. The van der Waals surface area contributed by atoms with Crippen molar-refractivity contribution in [2.75, 3.05) is 6.61 Å². The number of benzene rings is 2. The van der Waals surface area contributed by atoms with Crippen LogP contribution < -0.4 is 10.3 Å². The third kappa shape index (κ3) is 7.38. The zero-order valence-electron chi connectivity index (χ0n) is 32.6. The molecule has 0 radical (unpaired) electrons. The standard InChI is InChI=1S/C41H50O18/c1-4-5-6-7-8-9-10-21-25-34-26(22(44)15-23(55-34)19-11-13-20(43)14-12-19)30(47)27(35(25)58-59-41(21)38(51)18(3)54-40(41)52)36-37(32(49)29(46)24(16-42)56-36)57-39-33(50)31(48)28(45)17(2)53-39/h11-15,17-18,21,24,28-29,31-33,36-37,39,42-43,45-50H,4-10,16H2,1-3H3/t17-,18+,21+,24+,28-,29+,31+,32-,33+,36-,37+,39-,41-/m0/s1. The number of fused-ring (bicyclic) bond motifs is 3. The van der Waals surface area contributed by atoms with E-state index >= 15 is 0 Å². The van der Waals surface area contributed by atoms with Crippen LogP contribution in [0, 0.1) is 0 Å². The van der Waals surface area contributed by atoms with E-state index in [0.717, 1.165) is 31.7 Å². The number of aromatic hydroxyl groups is 2. The third-order valence-corrected chi connectivity index (χ3v) is 11.8. The van der Waals surface area contributed by atoms with Crippen molar-refractivity contribution >= 4 is 22.7 Å². The maximum absolute atomic E-state index is 14.3. The Kier molecular flexibility index (Phi) is 12.4. The number of carbonyl (C=O) groups excluding carboxylic acids is 2. The average Bonchev–Trinajstić information content (AvgIpc) is 3.42. The number of ether oxygens (including phenoxy) is 4. The number of aliphatic hydroxyl groups excluding tert-OH is 6. The number of ketones is 1. The molecule has 0 aliphatic carbocycles. The van der Waals surface area contributed by atoms with Crippen molar-refractivity contribution in [2.24, 2.45) is 0 Å². The molecule has 0 saturated carbocycles. The first-order valence-corrected chi connectivity index (χ1v) is 19.9. The maximum Gasteiger partial charge on any atom is 0.352 e. The van der Waals surface area contributed by atoms with Gasteiger partial charge in [0.25, 0.3) is 5.60 Å². The largest absolute Gasteiger partial charge is 0.508 e. The van der Waals surface area contributed by atoms with Gasteiger partial charge in [0.05, 0.1) is 18.3 Å². The van der Waals surface area contributed by atoms with Gasteiger partial charge < -0.3 is 69.1 Å². The van der Waals surface area contributed by atoms with Gasteiger partial charge in [-0.1, -0.05) is 45.4 Å². The van der Waals surface area contributed by atoms with E-state index in [2.05, 4.69) is 6.92 Å². The van der Waals surface area contributed by atoms with Crippen molar-refractivity contribution in [1.82, 2.24) is 0 Å². The first-order valence-electron chi connectivity index (χ1n) is 19.9. The smallest absolute Gasteiger partial charge is 0.352 e. The van der Waals surface area contributed by atoms with Gasteiger partial charge in [-0.3, -0.25) is 9.59 Å². The van der Waals surface area contributed by atoms with E-state index in [-0.39, 0.29) is 29.1 Å². The molecule has 0 bridgehead atoms. The van der Waals surface area contributed by atoms with E-state index in [1.165, 1.54) is 38.1 Å². The number of unbranched alkanes of at least 4 members (excludes halogenated alkanes) is 5. The molecule has 3 fully saturated rings. The summed E-state index contributed by atoms with van der Waals surface area (Å²) in [5, 5.41) is 86.3. The number of rotatable bonds is 12. The Morgan fingerprint density at radius 2 is 1.51 bits per heavy atom. The van der Waals surface area contributed by atoms with Gasteiger partial charge in [-0.15, -0.1) is 0 Å². The van der Waals surface area contributed by atoms with Gasteiger partial charge in [0.2, 0.25) is 5.78 Å². The molecule has 3 aromatic rings. The van der Waals surface area contributed by atoms with Crippen molar-refractivity contribution in [2.45, 2.75) is 145 Å². The van der Waals surface area contributed by atoms with E-state index in [9.17, 15) is 55.2 Å². The van der Waals surface area contributed by atoms with E-state index in [1.807, 2.05) is 0 Å². The van der Waals surface area contributed by atoms with Crippen LogP contribution in [0.4, 0.5) is 0 Å². The second kappa shape index (κ2) is 17.0. The number of phenolic OH excluding ortho intramolecular Hbond substituents is 2. The van der Waals surface area contributed by atoms with Gasteiger partial charge in [0, 0.05) is 23.1 Å². The SMILES string of the molecule is CCCCCCCC[C@@H]1c2c(c([C@@H]3O[C@H](CO)[C@@H](O)[C@H](O)[C@H]3O[C@@H]3O[C@@H](C)[C@H](O)[C@@H](O)[C@H]3O)c(O)c3c(=O)cc(-c4ccc(O)cc4)oc23)OO[C@@]12C(=O)O[C@H](C)C2=O. The van der Waals surface area contributed by atoms with E-state index in [4.69, 9.17) is 33.1 Å². The third-order valence-electron chi connectivity index (χ3n) is 11.8. The van der Waals surface area contributed by atoms with Crippen LogP contribution in [0.5, 0.6) is 17.2 Å². The maximum atomic E-state index is 14.3. The highest BCUT2D eigenvalue weighted by Gasteiger charge is 2.67. The summed E-state index contributed by atoms with van der Waals surface area (Å²) in [6.45, 7) is 3.96. The van der Waals surface area contributed by atoms with Gasteiger partial charge >= 0.3 is 5.97 Å². The fraction of sp³-hybridized carbons (Fsp3) is 0.585. The van der Waals surface area contributed by atoms with Crippen molar-refractivity contribution in [3.63, 3.8) is 0 Å². The minimum absolute atomic E-state index is 0.0308. The minimum Gasteiger partial charge on any atom is -0.508 e. The molecule has 0 unspecified atom stereocenters. The highest BCUT2D eigenvalue weighted by atomic mass is 17.2. The van der Waals surface area contributed by atoms with Crippen LogP contribution in [0.15, 0.2) is 39.5 Å². The number of cyclic esters (lactones) is 1. The molecule has 322 valence electrons. The van der Waals surface area contributed by atoms with Crippen LogP contribution in [0.3, 0.4) is 0 Å². The van der Waals surface area contributed by atoms with E-state index in [0.29, 0.717) is 18.4 Å². The summed E-state index contributed by atoms with van der Waals surface area (Å²) in [6, 6.07) is 6.76. The number of esters is 1. The van der Waals surface area contributed by atoms with Crippen LogP contribution in [-0.4, -0.2) is 126 Å². The fourth-order valence-corrected chi connectivity index (χ4v) is 8.53. The van der Waals surface area contributed by atoms with Crippen LogP contribution in [0.1, 0.15) is 88.9 Å². The normalized spacial score (nSPS) is 34.5. The lowest BCUT2D eigenvalue weighted by Crippen LogP contribution is -2.62. The molecule has 4 aliphatic heterocycles. The molecule has 1 aromatic heterocycles. The van der Waals surface area contributed by atoms with Crippen LogP contribution in [-0.2, 0) is 33.4 Å². The summed E-state index contributed by atoms with van der Waals surface area (Å²) < 4.78 is 29.6. The highest BCUT2D eigenvalue weighted by Crippen LogP contribution is 2.57. The van der Waals surface area contributed by atoms with Gasteiger partial charge in [-0.2, -0.15) is 4.89 Å². The molecule has 4 aliphatic rings. The van der Waals surface area contributed by atoms with E-state index in [1.54, 1.807) is 0 Å². The van der Waals surface area contributed by atoms with Gasteiger partial charge in [-0.05, 0) is 44.5 Å². The Morgan fingerprint density at radius 1 is 0.814 bits per heavy atom. The summed E-state index contributed by atoms with van der Waals surface area (Å²) >= 11 is 0. The van der Waals surface area contributed by atoms with Crippen LogP contribution in [0.2, 0.25) is 0 Å². The van der Waals surface area contributed by atoms with Gasteiger partial charge in [0.1, 0.15) is 77.1 Å². The van der Waals surface area contributed by atoms with Crippen molar-refractivity contribution < 1.29 is 83.6 Å². The zero-order valence-corrected chi connectivity index (χ0v) is 32.6. The molecule has 1 spiro atoms. The summed E-state index contributed by atoms with van der Waals surface area (Å²) in [5.41, 5.74) is -3.76. The van der Waals surface area contributed by atoms with Gasteiger partial charge in [-0.25, -0.2) is 4.79 Å². The Hall–Kier alpha value is -4.21. The van der Waals surface area contributed by atoms with Crippen LogP contribution in [0.25, 0.3) is 22.3 Å². The first kappa shape index (κ1) is 42.9. The molecule has 18 nitrogen and oxygen atoms in total. The molecule has 59 heavy (non-hydrogen) atoms. The lowest BCUT2D eigenvalue weighted by molar-refractivity contribution is -0.339.